The van der Waals surface area contributed by atoms with Gasteiger partial charge in [-0.25, -0.2) is 9.97 Å². The van der Waals surface area contributed by atoms with Gasteiger partial charge in [-0.2, -0.15) is 10.2 Å². The molecular weight excluding hydrogens is 640 g/mol. The van der Waals surface area contributed by atoms with Gasteiger partial charge in [0.15, 0.2) is 5.75 Å². The van der Waals surface area contributed by atoms with Crippen molar-refractivity contribution in [2.45, 2.75) is 50.3 Å². The van der Waals surface area contributed by atoms with Crippen LogP contribution in [0.4, 0.5) is 5.69 Å². The summed E-state index contributed by atoms with van der Waals surface area (Å²) >= 11 is 0. The number of nitrogens with one attached hydrogen (secondary N) is 2. The first-order valence-electron chi connectivity index (χ1n) is 16.2. The maximum Gasteiger partial charge on any atom is 0.268 e. The number of aromatic nitrogens is 5. The Kier molecular flexibility index (Phi) is 7.95. The van der Waals surface area contributed by atoms with Crippen molar-refractivity contribution < 1.29 is 28.7 Å². The third kappa shape index (κ3) is 6.25. The molecule has 1 atom stereocenters. The molecule has 3 aromatic carbocycles. The van der Waals surface area contributed by atoms with Crippen molar-refractivity contribution in [3.63, 3.8) is 0 Å². The van der Waals surface area contributed by atoms with Crippen LogP contribution >= 0.6 is 0 Å². The molecule has 0 radical (unpaired) electrons. The summed E-state index contributed by atoms with van der Waals surface area (Å²) in [6.45, 7) is 0. The molecule has 0 spiro atoms. The number of anilines is 1. The Morgan fingerprint density at radius 2 is 1.44 bits per heavy atom. The number of hydrogen-bond donors (Lipinski definition) is 2. The molecule has 4 heterocycles. The highest BCUT2D eigenvalue weighted by molar-refractivity contribution is 6.23. The number of rotatable bonds is 10. The summed E-state index contributed by atoms with van der Waals surface area (Å²) in [5.74, 6) is 0.277. The molecular formula is C36H30N8O6. The highest BCUT2D eigenvalue weighted by Gasteiger charge is 2.44. The standard InChI is InChI=1S/C36H30N8O6/c45-32-12-11-31(33(46)42-32)43-34(47)29-10-5-23(18-30(29)35(43)48)41-24-16-27(17-24)49-25-6-1-21(2-7-25)15-22-3-8-26(9-4-22)50-28-19-37-36(38-20-28)44-39-13-14-40-44/h1-10,13-14,18-20,24,27,31,41H,11-12,15-17H2,(H,42,45,46). The van der Waals surface area contributed by atoms with Gasteiger partial charge < -0.3 is 14.8 Å². The van der Waals surface area contributed by atoms with Gasteiger partial charge in [0.25, 0.3) is 17.8 Å². The lowest BCUT2D eigenvalue weighted by atomic mass is 9.89. The molecule has 14 heteroatoms. The van der Waals surface area contributed by atoms with Crippen molar-refractivity contribution in [1.82, 2.24) is 35.2 Å². The monoisotopic (exact) mass is 670 g/mol. The Hall–Kier alpha value is -6.44. The number of nitrogens with zero attached hydrogens (tertiary/aromatic N) is 6. The van der Waals surface area contributed by atoms with E-state index >= 15 is 0 Å². The van der Waals surface area contributed by atoms with E-state index in [1.54, 1.807) is 43.0 Å². The molecule has 4 amide bonds. The Morgan fingerprint density at radius 3 is 2.12 bits per heavy atom. The SMILES string of the molecule is O=C1CCC(N2C(=O)c3ccc(NC4CC(Oc5ccc(Cc6ccc(Oc7cnc(-n8nccn8)nc7)cc6)cc5)C4)cc3C2=O)C(=O)N1. The first kappa shape index (κ1) is 30.9. The first-order chi connectivity index (χ1) is 24.4. The van der Waals surface area contributed by atoms with E-state index in [2.05, 4.69) is 42.9 Å². The number of imide groups is 2. The van der Waals surface area contributed by atoms with Gasteiger partial charge in [-0.05, 0) is 66.4 Å². The zero-order valence-electron chi connectivity index (χ0n) is 26.6. The second-order valence-electron chi connectivity index (χ2n) is 12.4. The molecule has 1 aliphatic carbocycles. The number of hydrogen-bond acceptors (Lipinski definition) is 11. The quantitative estimate of drug-likeness (QED) is 0.207. The fraction of sp³-hybridized carbons (Fsp3) is 0.222. The van der Waals surface area contributed by atoms with Gasteiger partial charge in [-0.3, -0.25) is 29.4 Å². The van der Waals surface area contributed by atoms with Crippen molar-refractivity contribution in [3.05, 3.63) is 114 Å². The minimum Gasteiger partial charge on any atom is -0.490 e. The van der Waals surface area contributed by atoms with E-state index in [0.717, 1.165) is 41.0 Å². The second-order valence-corrected chi connectivity index (χ2v) is 12.4. The fourth-order valence-electron chi connectivity index (χ4n) is 6.29. The van der Waals surface area contributed by atoms with Gasteiger partial charge in [0.05, 0.1) is 35.9 Å². The number of amides is 4. The molecule has 250 valence electrons. The van der Waals surface area contributed by atoms with Crippen LogP contribution in [0, 0.1) is 0 Å². The van der Waals surface area contributed by atoms with Gasteiger partial charge in [-0.1, -0.05) is 24.3 Å². The molecule has 2 aliphatic heterocycles. The average Bonchev–Trinajstić information content (AvgIpc) is 3.73. The summed E-state index contributed by atoms with van der Waals surface area (Å²) in [6.07, 6.45) is 8.83. The van der Waals surface area contributed by atoms with Crippen molar-refractivity contribution in [3.8, 4) is 23.2 Å². The number of benzene rings is 3. The average molecular weight is 671 g/mol. The number of ether oxygens (including phenoxy) is 2. The molecule has 2 fully saturated rings. The second kappa shape index (κ2) is 12.9. The van der Waals surface area contributed by atoms with E-state index in [1.165, 1.54) is 4.80 Å². The van der Waals surface area contributed by atoms with Gasteiger partial charge in [0.1, 0.15) is 23.6 Å². The minimum absolute atomic E-state index is 0.0513. The summed E-state index contributed by atoms with van der Waals surface area (Å²) in [5.41, 5.74) is 3.51. The van der Waals surface area contributed by atoms with Crippen LogP contribution in [-0.4, -0.2) is 71.7 Å². The van der Waals surface area contributed by atoms with E-state index in [4.69, 9.17) is 9.47 Å². The smallest absolute Gasteiger partial charge is 0.268 e. The van der Waals surface area contributed by atoms with Crippen LogP contribution in [0.5, 0.6) is 17.2 Å². The van der Waals surface area contributed by atoms with Gasteiger partial charge >= 0.3 is 0 Å². The van der Waals surface area contributed by atoms with Crippen molar-refractivity contribution in [2.24, 2.45) is 0 Å². The molecule has 3 aliphatic rings. The molecule has 2 aromatic heterocycles. The molecule has 8 rings (SSSR count). The van der Waals surface area contributed by atoms with Crippen LogP contribution in [-0.2, 0) is 16.0 Å². The molecule has 14 nitrogen and oxygen atoms in total. The highest BCUT2D eigenvalue weighted by Crippen LogP contribution is 2.33. The molecule has 0 bridgehead atoms. The predicted octanol–water partition coefficient (Wildman–Crippen LogP) is 3.86. The number of piperidine rings is 1. The largest absolute Gasteiger partial charge is 0.490 e. The van der Waals surface area contributed by atoms with Crippen molar-refractivity contribution in [2.75, 3.05) is 5.32 Å². The molecule has 50 heavy (non-hydrogen) atoms. The van der Waals surface area contributed by atoms with Gasteiger partial charge in [0, 0.05) is 31.0 Å². The van der Waals surface area contributed by atoms with Gasteiger partial charge in [-0.15, -0.1) is 4.80 Å². The highest BCUT2D eigenvalue weighted by atomic mass is 16.5. The molecule has 5 aromatic rings. The summed E-state index contributed by atoms with van der Waals surface area (Å²) < 4.78 is 12.1. The van der Waals surface area contributed by atoms with E-state index in [0.29, 0.717) is 23.1 Å². The van der Waals surface area contributed by atoms with Crippen LogP contribution in [0.25, 0.3) is 5.95 Å². The summed E-state index contributed by atoms with van der Waals surface area (Å²) in [7, 11) is 0. The third-order valence-corrected chi connectivity index (χ3v) is 8.91. The maximum atomic E-state index is 13.1. The molecule has 1 saturated carbocycles. The van der Waals surface area contributed by atoms with E-state index < -0.39 is 29.7 Å². The number of carbonyl (C=O) groups is 4. The normalized spacial score (nSPS) is 19.8. The molecule has 2 N–H and O–H groups in total. The predicted molar refractivity (Wildman–Crippen MR) is 177 cm³/mol. The van der Waals surface area contributed by atoms with Crippen LogP contribution in [0.1, 0.15) is 57.5 Å². The Balaban J connectivity index is 0.799. The maximum absolute atomic E-state index is 13.1. The third-order valence-electron chi connectivity index (χ3n) is 8.91. The summed E-state index contributed by atoms with van der Waals surface area (Å²) in [4.78, 5) is 60.7. The number of carbonyl (C=O) groups excluding carboxylic acids is 4. The van der Waals surface area contributed by atoms with Crippen molar-refractivity contribution >= 4 is 29.3 Å². The van der Waals surface area contributed by atoms with Crippen LogP contribution in [0.2, 0.25) is 0 Å². The fourth-order valence-corrected chi connectivity index (χ4v) is 6.29. The molecule has 1 saturated heterocycles. The Morgan fingerprint density at radius 1 is 0.780 bits per heavy atom. The Labute approximate surface area is 285 Å². The van der Waals surface area contributed by atoms with E-state index in [9.17, 15) is 19.2 Å². The van der Waals surface area contributed by atoms with Crippen molar-refractivity contribution in [1.29, 1.82) is 0 Å². The Bertz CT molecular complexity index is 2080. The van der Waals surface area contributed by atoms with Crippen LogP contribution in [0.15, 0.2) is 91.5 Å². The molecule has 1 unspecified atom stereocenters. The first-order valence-corrected chi connectivity index (χ1v) is 16.2. The van der Waals surface area contributed by atoms with Gasteiger partial charge in [0.2, 0.25) is 11.8 Å². The summed E-state index contributed by atoms with van der Waals surface area (Å²) in [5, 5.41) is 13.7. The topological polar surface area (TPSA) is 171 Å². The summed E-state index contributed by atoms with van der Waals surface area (Å²) in [6, 6.07) is 20.1. The van der Waals surface area contributed by atoms with E-state index in [-0.39, 0.29) is 36.1 Å². The van der Waals surface area contributed by atoms with Crippen LogP contribution in [0.3, 0.4) is 0 Å². The zero-order valence-corrected chi connectivity index (χ0v) is 26.6. The van der Waals surface area contributed by atoms with Crippen LogP contribution < -0.4 is 20.1 Å². The zero-order chi connectivity index (χ0) is 34.2. The van der Waals surface area contributed by atoms with E-state index in [1.807, 2.05) is 36.4 Å². The number of fused-ring (bicyclic) bond motifs is 1. The lowest BCUT2D eigenvalue weighted by Gasteiger charge is -2.36. The lowest BCUT2D eigenvalue weighted by molar-refractivity contribution is -0.136. The minimum atomic E-state index is -0.985. The lowest BCUT2D eigenvalue weighted by Crippen LogP contribution is -2.54.